The van der Waals surface area contributed by atoms with Crippen molar-refractivity contribution >= 4 is 35.1 Å². The lowest BCUT2D eigenvalue weighted by Gasteiger charge is -2.37. The van der Waals surface area contributed by atoms with Gasteiger partial charge in [0.1, 0.15) is 29.4 Å². The Morgan fingerprint density at radius 1 is 1.00 bits per heavy atom. The van der Waals surface area contributed by atoms with Gasteiger partial charge in [0.25, 0.3) is 12.1 Å². The van der Waals surface area contributed by atoms with E-state index >= 15 is 0 Å². The normalized spacial score (nSPS) is 18.9. The molecule has 1 saturated heterocycles. The van der Waals surface area contributed by atoms with Crippen LogP contribution in [0.3, 0.4) is 0 Å². The van der Waals surface area contributed by atoms with Crippen LogP contribution in [0.4, 0.5) is 5.95 Å². The highest BCUT2D eigenvalue weighted by Gasteiger charge is 2.44. The standard InChI is InChI=1S/C37H44N5O7PS/c1-24(2)21-38-36-40-34-33(35(43)41-36)39-23-42(34)32-20-30(49-50(5,44)51-6)31(48-32)22-47-37(25-10-8-7-9-11-25,26-12-16-28(45-3)17-13-26)27-14-18-29(46-4)19-15-27/h7-19,23-24,30-32H,20-22H2,1-6H3,(H2,38,40,41,43)/t30-,31+,32+,50?/m0/s1. The number of anilines is 1. The van der Waals surface area contributed by atoms with Crippen LogP contribution in [0.5, 0.6) is 11.5 Å². The molecule has 1 aliphatic heterocycles. The molecule has 0 aliphatic carbocycles. The van der Waals surface area contributed by atoms with Gasteiger partial charge in [-0.2, -0.15) is 4.98 Å². The number of imidazole rings is 1. The predicted molar refractivity (Wildman–Crippen MR) is 200 cm³/mol. The molecule has 51 heavy (non-hydrogen) atoms. The number of nitrogens with zero attached hydrogens (tertiary/aromatic N) is 3. The zero-order chi connectivity index (χ0) is 36.2. The second-order valence-corrected chi connectivity index (χ2v) is 18.0. The van der Waals surface area contributed by atoms with Crippen LogP contribution in [0, 0.1) is 5.92 Å². The molecule has 0 saturated carbocycles. The van der Waals surface area contributed by atoms with Crippen LogP contribution < -0.4 is 20.3 Å². The fourth-order valence-corrected chi connectivity index (χ4v) is 7.61. The summed E-state index contributed by atoms with van der Waals surface area (Å²) in [6.45, 7) is 3.38. The molecule has 270 valence electrons. The Morgan fingerprint density at radius 3 is 2.18 bits per heavy atom. The first-order valence-electron chi connectivity index (χ1n) is 16.7. The molecule has 2 N–H and O–H groups in total. The molecule has 1 aliphatic rings. The van der Waals surface area contributed by atoms with Crippen molar-refractivity contribution in [1.82, 2.24) is 19.5 Å². The van der Waals surface area contributed by atoms with E-state index in [0.717, 1.165) is 16.7 Å². The van der Waals surface area contributed by atoms with Crippen LogP contribution in [0.2, 0.25) is 0 Å². The molecule has 12 nitrogen and oxygen atoms in total. The average Bonchev–Trinajstić information content (AvgIpc) is 3.75. The number of nitrogens with one attached hydrogen (secondary N) is 2. The van der Waals surface area contributed by atoms with Gasteiger partial charge in [0, 0.05) is 19.6 Å². The van der Waals surface area contributed by atoms with Gasteiger partial charge < -0.3 is 28.8 Å². The summed E-state index contributed by atoms with van der Waals surface area (Å²) in [6, 6.07) is 25.5. The number of methoxy groups -OCH3 is 2. The van der Waals surface area contributed by atoms with Crippen molar-refractivity contribution in [2.75, 3.05) is 45.6 Å². The maximum Gasteiger partial charge on any atom is 0.280 e. The third kappa shape index (κ3) is 7.88. The van der Waals surface area contributed by atoms with E-state index in [0.29, 0.717) is 42.0 Å². The molecule has 4 atom stereocenters. The minimum absolute atomic E-state index is 0.0599. The number of fused-ring (bicyclic) bond motifs is 1. The van der Waals surface area contributed by atoms with Gasteiger partial charge in [-0.3, -0.25) is 18.9 Å². The Labute approximate surface area is 301 Å². The molecule has 1 unspecified atom stereocenters. The number of rotatable bonds is 15. The lowest BCUT2D eigenvalue weighted by atomic mass is 9.80. The van der Waals surface area contributed by atoms with E-state index in [2.05, 4.69) is 34.1 Å². The summed E-state index contributed by atoms with van der Waals surface area (Å²) < 4.78 is 46.3. The summed E-state index contributed by atoms with van der Waals surface area (Å²) in [5, 5.41) is 3.19. The van der Waals surface area contributed by atoms with E-state index in [9.17, 15) is 9.36 Å². The second-order valence-electron chi connectivity index (χ2n) is 12.8. The minimum atomic E-state index is -3.05. The SMILES string of the molecule is COc1ccc(C(OC[C@H]2O[C@@H](n3cnc4c(=O)[nH]c(NCC(C)C)nc43)C[C@@H]2OP(C)(=O)SC)(c2ccccc2)c2ccc(OC)cc2)cc1. The van der Waals surface area contributed by atoms with Crippen molar-refractivity contribution in [3.05, 3.63) is 112 Å². The first-order valence-corrected chi connectivity index (χ1v) is 20.6. The van der Waals surface area contributed by atoms with Crippen molar-refractivity contribution in [2.45, 2.75) is 44.3 Å². The van der Waals surface area contributed by atoms with Crippen LogP contribution in [-0.4, -0.2) is 72.0 Å². The van der Waals surface area contributed by atoms with E-state index in [1.165, 1.54) is 11.4 Å². The monoisotopic (exact) mass is 733 g/mol. The quantitative estimate of drug-likeness (QED) is 0.0844. The summed E-state index contributed by atoms with van der Waals surface area (Å²) in [6.07, 6.45) is 1.73. The largest absolute Gasteiger partial charge is 0.497 e. The zero-order valence-electron chi connectivity index (χ0n) is 29.6. The molecular formula is C37H44N5O7PS. The molecule has 6 rings (SSSR count). The van der Waals surface area contributed by atoms with Crippen molar-refractivity contribution in [2.24, 2.45) is 5.92 Å². The van der Waals surface area contributed by atoms with Gasteiger partial charge in [0.05, 0.1) is 33.3 Å². The van der Waals surface area contributed by atoms with Crippen LogP contribution >= 0.6 is 18.0 Å². The molecule has 3 heterocycles. The molecular weight excluding hydrogens is 689 g/mol. The molecule has 0 spiro atoms. The van der Waals surface area contributed by atoms with Gasteiger partial charge in [-0.05, 0) is 53.1 Å². The highest BCUT2D eigenvalue weighted by molar-refractivity contribution is 8.56. The molecule has 0 bridgehead atoms. The lowest BCUT2D eigenvalue weighted by Crippen LogP contribution is -2.38. The van der Waals surface area contributed by atoms with Crippen LogP contribution in [0.15, 0.2) is 90.0 Å². The summed E-state index contributed by atoms with van der Waals surface area (Å²) >= 11 is 1.18. The molecule has 1 fully saturated rings. The van der Waals surface area contributed by atoms with Gasteiger partial charge >= 0.3 is 0 Å². The Kier molecular flexibility index (Phi) is 11.2. The second kappa shape index (κ2) is 15.6. The van der Waals surface area contributed by atoms with Crippen molar-refractivity contribution in [3.63, 3.8) is 0 Å². The minimum Gasteiger partial charge on any atom is -0.497 e. The summed E-state index contributed by atoms with van der Waals surface area (Å²) in [5.41, 5.74) is 1.72. The third-order valence-corrected chi connectivity index (χ3v) is 12.5. The van der Waals surface area contributed by atoms with Crippen molar-refractivity contribution in [1.29, 1.82) is 0 Å². The van der Waals surface area contributed by atoms with E-state index in [1.807, 2.05) is 78.9 Å². The Hall–Kier alpha value is -4.13. The summed E-state index contributed by atoms with van der Waals surface area (Å²) in [4.78, 5) is 24.8. The van der Waals surface area contributed by atoms with Crippen LogP contribution in [-0.2, 0) is 24.2 Å². The van der Waals surface area contributed by atoms with Gasteiger partial charge in [0.2, 0.25) is 5.95 Å². The van der Waals surface area contributed by atoms with Gasteiger partial charge in [-0.15, -0.1) is 0 Å². The molecule has 14 heteroatoms. The van der Waals surface area contributed by atoms with Crippen molar-refractivity contribution < 1.29 is 28.0 Å². The van der Waals surface area contributed by atoms with Gasteiger partial charge in [0.15, 0.2) is 11.2 Å². The van der Waals surface area contributed by atoms with E-state index < -0.39 is 30.6 Å². The number of aromatic amines is 1. The highest BCUT2D eigenvalue weighted by Crippen LogP contribution is 2.57. The van der Waals surface area contributed by atoms with Crippen LogP contribution in [0.25, 0.3) is 11.2 Å². The van der Waals surface area contributed by atoms with E-state index in [1.54, 1.807) is 38.0 Å². The maximum atomic E-state index is 13.4. The van der Waals surface area contributed by atoms with E-state index in [-0.39, 0.29) is 17.7 Å². The number of aromatic nitrogens is 4. The molecule has 0 amide bonds. The Balaban J connectivity index is 1.40. The highest BCUT2D eigenvalue weighted by atomic mass is 32.7. The summed E-state index contributed by atoms with van der Waals surface area (Å²) in [7, 11) is 3.26. The number of hydrogen-bond donors (Lipinski definition) is 2. The molecule has 0 radical (unpaired) electrons. The Morgan fingerprint density at radius 2 is 1.61 bits per heavy atom. The van der Waals surface area contributed by atoms with E-state index in [4.69, 9.17) is 23.5 Å². The van der Waals surface area contributed by atoms with Gasteiger partial charge in [-0.1, -0.05) is 79.8 Å². The first kappa shape index (κ1) is 36.7. The smallest absolute Gasteiger partial charge is 0.280 e. The molecule has 3 aromatic carbocycles. The lowest BCUT2D eigenvalue weighted by molar-refractivity contribution is -0.0897. The fraction of sp³-hybridized carbons (Fsp3) is 0.378. The third-order valence-electron chi connectivity index (χ3n) is 8.90. The average molecular weight is 734 g/mol. The Bertz CT molecular complexity index is 1970. The number of benzene rings is 3. The number of H-pyrrole nitrogens is 1. The molecule has 2 aromatic heterocycles. The number of hydrogen-bond acceptors (Lipinski definition) is 11. The number of ether oxygens (including phenoxy) is 4. The van der Waals surface area contributed by atoms with Crippen molar-refractivity contribution in [3.8, 4) is 11.5 Å². The first-order chi connectivity index (χ1) is 24.6. The zero-order valence-corrected chi connectivity index (χ0v) is 31.3. The summed E-state index contributed by atoms with van der Waals surface area (Å²) in [5.74, 6) is 2.11. The van der Waals surface area contributed by atoms with Crippen LogP contribution in [0.1, 0.15) is 43.2 Å². The topological polar surface area (TPSA) is 139 Å². The molecule has 5 aromatic rings. The maximum absolute atomic E-state index is 13.4. The van der Waals surface area contributed by atoms with Gasteiger partial charge in [-0.25, -0.2) is 4.98 Å². The predicted octanol–water partition coefficient (Wildman–Crippen LogP) is 7.07. The fourth-order valence-electron chi connectivity index (χ4n) is 6.22.